The number of para-hydroxylation sites is 1. The highest BCUT2D eigenvalue weighted by Gasteiger charge is 2.15. The van der Waals surface area contributed by atoms with Crippen molar-refractivity contribution in [1.29, 1.82) is 0 Å². The van der Waals surface area contributed by atoms with Gasteiger partial charge in [0.25, 0.3) is 5.91 Å². The number of furan rings is 1. The topological polar surface area (TPSA) is 74.5 Å². The van der Waals surface area contributed by atoms with Gasteiger partial charge >= 0.3 is 0 Å². The Morgan fingerprint density at radius 3 is 2.77 bits per heavy atom. The Hall–Kier alpha value is -2.27. The molecule has 1 unspecified atom stereocenters. The molecule has 3 N–H and O–H groups in total. The van der Waals surface area contributed by atoms with E-state index in [1.807, 2.05) is 37.3 Å². The van der Waals surface area contributed by atoms with Crippen LogP contribution in [0.4, 0.5) is 5.69 Å². The number of rotatable bonds is 8. The molecule has 0 aliphatic rings. The first-order valence-corrected chi connectivity index (χ1v) is 7.51. The molecule has 0 bridgehead atoms. The Labute approximate surface area is 130 Å². The molecule has 1 aromatic heterocycles. The molecule has 5 heteroatoms. The second kappa shape index (κ2) is 8.24. The molecule has 0 aliphatic heterocycles. The van der Waals surface area contributed by atoms with E-state index in [0.717, 1.165) is 17.9 Å². The zero-order valence-electron chi connectivity index (χ0n) is 12.7. The van der Waals surface area contributed by atoms with E-state index in [9.17, 15) is 4.79 Å². The number of aliphatic hydroxyl groups excluding tert-OH is 1. The largest absolute Gasteiger partial charge is 0.467 e. The molecule has 0 saturated carbocycles. The van der Waals surface area contributed by atoms with Crippen LogP contribution in [0.15, 0.2) is 47.1 Å². The number of carbonyl (C=O) groups excluding carboxylic acids is 1. The minimum absolute atomic E-state index is 0.0179. The summed E-state index contributed by atoms with van der Waals surface area (Å²) in [5.41, 5.74) is 1.35. The van der Waals surface area contributed by atoms with E-state index in [1.165, 1.54) is 0 Å². The molecule has 0 aliphatic carbocycles. The van der Waals surface area contributed by atoms with Gasteiger partial charge in [-0.1, -0.05) is 19.1 Å². The van der Waals surface area contributed by atoms with E-state index in [4.69, 9.17) is 9.52 Å². The van der Waals surface area contributed by atoms with Crippen molar-refractivity contribution in [1.82, 2.24) is 5.32 Å². The van der Waals surface area contributed by atoms with Crippen LogP contribution < -0.4 is 10.6 Å². The lowest BCUT2D eigenvalue weighted by molar-refractivity contribution is 0.0930. The Morgan fingerprint density at radius 2 is 2.09 bits per heavy atom. The van der Waals surface area contributed by atoms with Crippen molar-refractivity contribution in [3.8, 4) is 0 Å². The minimum Gasteiger partial charge on any atom is -0.467 e. The van der Waals surface area contributed by atoms with E-state index in [1.54, 1.807) is 12.3 Å². The van der Waals surface area contributed by atoms with Crippen LogP contribution in [0.25, 0.3) is 0 Å². The Morgan fingerprint density at radius 1 is 1.27 bits per heavy atom. The van der Waals surface area contributed by atoms with Crippen LogP contribution in [0.2, 0.25) is 0 Å². The van der Waals surface area contributed by atoms with Crippen molar-refractivity contribution in [3.63, 3.8) is 0 Å². The Kier molecular flexibility index (Phi) is 6.03. The predicted octanol–water partition coefficient (Wildman–Crippen LogP) is 2.78. The molecule has 0 radical (unpaired) electrons. The zero-order chi connectivity index (χ0) is 15.8. The van der Waals surface area contributed by atoms with Gasteiger partial charge in [-0.25, -0.2) is 0 Å². The molecule has 1 heterocycles. The van der Waals surface area contributed by atoms with Gasteiger partial charge in [0.2, 0.25) is 0 Å². The third-order valence-corrected chi connectivity index (χ3v) is 3.51. The standard InChI is InChI=1S/C17H22N2O3/c1-2-13(9-10-20)19-17(21)15-7-3-4-8-16(15)18-12-14-6-5-11-22-14/h3-8,11,13,18,20H,2,9-10,12H2,1H3,(H,19,21). The van der Waals surface area contributed by atoms with Crippen molar-refractivity contribution in [3.05, 3.63) is 54.0 Å². The number of hydrogen-bond acceptors (Lipinski definition) is 4. The summed E-state index contributed by atoms with van der Waals surface area (Å²) in [4.78, 5) is 12.4. The average molecular weight is 302 g/mol. The van der Waals surface area contributed by atoms with Crippen LogP contribution >= 0.6 is 0 Å². The first-order valence-electron chi connectivity index (χ1n) is 7.51. The maximum absolute atomic E-state index is 12.4. The molecule has 0 saturated heterocycles. The average Bonchev–Trinajstić information content (AvgIpc) is 3.06. The van der Waals surface area contributed by atoms with E-state index >= 15 is 0 Å². The highest BCUT2D eigenvalue weighted by atomic mass is 16.3. The van der Waals surface area contributed by atoms with Crippen LogP contribution in [0.1, 0.15) is 35.9 Å². The summed E-state index contributed by atoms with van der Waals surface area (Å²) in [5.74, 6) is 0.671. The van der Waals surface area contributed by atoms with Crippen LogP contribution in [0.3, 0.4) is 0 Å². The molecule has 1 atom stereocenters. The number of anilines is 1. The maximum Gasteiger partial charge on any atom is 0.253 e. The second-order valence-corrected chi connectivity index (χ2v) is 5.07. The fourth-order valence-electron chi connectivity index (χ4n) is 2.23. The van der Waals surface area contributed by atoms with Gasteiger partial charge in [0.15, 0.2) is 0 Å². The fraction of sp³-hybridized carbons (Fsp3) is 0.353. The zero-order valence-corrected chi connectivity index (χ0v) is 12.7. The predicted molar refractivity (Wildman–Crippen MR) is 85.7 cm³/mol. The van der Waals surface area contributed by atoms with Crippen LogP contribution in [-0.2, 0) is 6.54 Å². The van der Waals surface area contributed by atoms with Gasteiger partial charge in [-0.05, 0) is 37.1 Å². The van der Waals surface area contributed by atoms with Crippen LogP contribution in [0, 0.1) is 0 Å². The summed E-state index contributed by atoms with van der Waals surface area (Å²) in [6, 6.07) is 11.1. The third-order valence-electron chi connectivity index (χ3n) is 3.51. The van der Waals surface area contributed by atoms with E-state index in [2.05, 4.69) is 10.6 Å². The van der Waals surface area contributed by atoms with Crippen molar-refractivity contribution < 1.29 is 14.3 Å². The molecule has 2 rings (SSSR count). The van der Waals surface area contributed by atoms with Gasteiger partial charge in [0.1, 0.15) is 5.76 Å². The lowest BCUT2D eigenvalue weighted by atomic mass is 10.1. The van der Waals surface area contributed by atoms with Crippen molar-refractivity contribution in [2.24, 2.45) is 0 Å². The fourth-order valence-corrected chi connectivity index (χ4v) is 2.23. The second-order valence-electron chi connectivity index (χ2n) is 5.07. The molecule has 118 valence electrons. The third kappa shape index (κ3) is 4.36. The molecule has 2 aromatic rings. The van der Waals surface area contributed by atoms with Crippen LogP contribution in [0.5, 0.6) is 0 Å². The highest BCUT2D eigenvalue weighted by Crippen LogP contribution is 2.17. The van der Waals surface area contributed by atoms with E-state index < -0.39 is 0 Å². The first-order chi connectivity index (χ1) is 10.7. The van der Waals surface area contributed by atoms with Crippen molar-refractivity contribution in [2.75, 3.05) is 11.9 Å². The SMILES string of the molecule is CCC(CCO)NC(=O)c1ccccc1NCc1ccco1. The Balaban J connectivity index is 2.04. The molecule has 0 spiro atoms. The lowest BCUT2D eigenvalue weighted by Crippen LogP contribution is -2.35. The summed E-state index contributed by atoms with van der Waals surface area (Å²) in [5, 5.41) is 15.2. The number of benzene rings is 1. The summed E-state index contributed by atoms with van der Waals surface area (Å²) < 4.78 is 5.28. The Bertz CT molecular complexity index is 581. The normalized spacial score (nSPS) is 11.9. The summed E-state index contributed by atoms with van der Waals surface area (Å²) >= 11 is 0. The minimum atomic E-state index is -0.136. The number of hydrogen-bond donors (Lipinski definition) is 3. The van der Waals surface area contributed by atoms with Gasteiger partial charge in [-0.2, -0.15) is 0 Å². The molecule has 5 nitrogen and oxygen atoms in total. The highest BCUT2D eigenvalue weighted by molar-refractivity contribution is 5.99. The van der Waals surface area contributed by atoms with Gasteiger partial charge in [0.05, 0.1) is 18.4 Å². The molecule has 22 heavy (non-hydrogen) atoms. The molecule has 1 aromatic carbocycles. The quantitative estimate of drug-likeness (QED) is 0.701. The summed E-state index contributed by atoms with van der Waals surface area (Å²) in [6.07, 6.45) is 2.97. The van der Waals surface area contributed by atoms with E-state index in [-0.39, 0.29) is 18.6 Å². The van der Waals surface area contributed by atoms with Gasteiger partial charge < -0.3 is 20.2 Å². The number of amides is 1. The summed E-state index contributed by atoms with van der Waals surface area (Å²) in [6.45, 7) is 2.57. The van der Waals surface area contributed by atoms with Gasteiger partial charge in [-0.3, -0.25) is 4.79 Å². The molecule has 1 amide bonds. The molecular formula is C17H22N2O3. The van der Waals surface area contributed by atoms with E-state index in [0.29, 0.717) is 18.5 Å². The summed E-state index contributed by atoms with van der Waals surface area (Å²) in [7, 11) is 0. The monoisotopic (exact) mass is 302 g/mol. The number of aliphatic hydroxyl groups is 1. The molecule has 0 fully saturated rings. The number of carbonyl (C=O) groups is 1. The van der Waals surface area contributed by atoms with Gasteiger partial charge in [-0.15, -0.1) is 0 Å². The van der Waals surface area contributed by atoms with Crippen LogP contribution in [-0.4, -0.2) is 23.7 Å². The van der Waals surface area contributed by atoms with Gasteiger partial charge in [0, 0.05) is 18.3 Å². The number of nitrogens with one attached hydrogen (secondary N) is 2. The molecular weight excluding hydrogens is 280 g/mol. The maximum atomic E-state index is 12.4. The smallest absolute Gasteiger partial charge is 0.253 e. The lowest BCUT2D eigenvalue weighted by Gasteiger charge is -2.17. The first kappa shape index (κ1) is 16.1. The van der Waals surface area contributed by atoms with Crippen molar-refractivity contribution >= 4 is 11.6 Å². The van der Waals surface area contributed by atoms with Crippen molar-refractivity contribution in [2.45, 2.75) is 32.4 Å².